The molecule has 0 spiro atoms. The Bertz CT molecular complexity index is 372. The van der Waals surface area contributed by atoms with Crippen molar-refractivity contribution in [3.8, 4) is 0 Å². The molecular weight excluding hydrogens is 191 g/mol. The van der Waals surface area contributed by atoms with E-state index < -0.39 is 0 Å². The molecule has 2 nitrogen and oxygen atoms in total. The van der Waals surface area contributed by atoms with Crippen LogP contribution in [0.2, 0.25) is 0 Å². The monoisotopic (exact) mass is 210 g/mol. The molecule has 0 aromatic heterocycles. The normalized spacial score (nSPS) is 11.5. The molecule has 1 rings (SSSR count). The molecule has 0 atom stereocenters. The van der Waals surface area contributed by atoms with Crippen LogP contribution in [0, 0.1) is 0 Å². The summed E-state index contributed by atoms with van der Waals surface area (Å²) >= 11 is 0. The van der Waals surface area contributed by atoms with Crippen LogP contribution in [-0.4, -0.2) is 12.1 Å². The Balaban J connectivity index is 0.00000225. The Morgan fingerprint density at radius 1 is 1.00 bits per heavy atom. The Labute approximate surface area is 110 Å². The molecule has 0 fully saturated rings. The fraction of sp³-hybridized carbons (Fsp3) is 0.462. The van der Waals surface area contributed by atoms with Crippen LogP contribution in [0.3, 0.4) is 0 Å². The number of nitrogens with zero attached hydrogens (tertiary/aromatic N) is 2. The van der Waals surface area contributed by atoms with Gasteiger partial charge in [0.15, 0.2) is 0 Å². The van der Waals surface area contributed by atoms with Gasteiger partial charge in [-0.2, -0.15) is 0 Å². The topological polar surface area (TPSA) is 26.5 Å². The molecule has 16 heavy (non-hydrogen) atoms. The van der Waals surface area contributed by atoms with Gasteiger partial charge in [-0.3, -0.25) is 4.99 Å². The third-order valence-electron chi connectivity index (χ3n) is 1.79. The van der Waals surface area contributed by atoms with Crippen LogP contribution in [-0.2, 0) is 0 Å². The van der Waals surface area contributed by atoms with E-state index in [0.29, 0.717) is 12.1 Å². The molecule has 3 heteroatoms. The zero-order valence-electron chi connectivity index (χ0n) is 10.9. The van der Waals surface area contributed by atoms with E-state index in [1.165, 1.54) is 0 Å². The fourth-order valence-electron chi connectivity index (χ4n) is 1.30. The zero-order chi connectivity index (χ0) is 11.3. The first-order valence-electron chi connectivity index (χ1n) is 5.43. The molecule has 1 aromatic rings. The minimum atomic E-state index is 0. The summed E-state index contributed by atoms with van der Waals surface area (Å²) in [6, 6.07) is 10.6. The third-order valence-corrected chi connectivity index (χ3v) is 1.79. The van der Waals surface area contributed by atoms with E-state index in [-0.39, 0.29) is 18.9 Å². The molecule has 0 aliphatic carbocycles. The summed E-state index contributed by atoms with van der Waals surface area (Å²) in [5.74, 6) is 0. The smallest absolute Gasteiger partial charge is 0.680 e. The van der Waals surface area contributed by atoms with E-state index in [9.17, 15) is 0 Å². The Kier molecular flexibility index (Phi) is 7.21. The molecule has 0 radical (unpaired) electrons. The average molecular weight is 210 g/mol. The van der Waals surface area contributed by atoms with Gasteiger partial charge in [-0.05, 0) is 19.9 Å². The first kappa shape index (κ1) is 15.3. The molecule has 1 aromatic carbocycles. The molecule has 0 aliphatic heterocycles. The Morgan fingerprint density at radius 3 is 2.19 bits per heavy atom. The molecule has 82 valence electrons. The van der Waals surface area contributed by atoms with Crippen LogP contribution < -0.4 is 24.2 Å². The third kappa shape index (κ3) is 5.39. The van der Waals surface area contributed by atoms with E-state index in [0.717, 1.165) is 11.0 Å². The molecule has 0 heterocycles. The Hall–Kier alpha value is -0.713. The predicted molar refractivity (Wildman–Crippen MR) is 65.3 cm³/mol. The Morgan fingerprint density at radius 2 is 1.62 bits per heavy atom. The van der Waals surface area contributed by atoms with Gasteiger partial charge in [-0.25, -0.2) is 0 Å². The number of hydrogen-bond acceptors (Lipinski definition) is 1. The summed E-state index contributed by atoms with van der Waals surface area (Å²) in [4.78, 5) is 4.56. The second-order valence-corrected chi connectivity index (χ2v) is 4.13. The van der Waals surface area contributed by atoms with E-state index in [2.05, 4.69) is 38.0 Å². The minimum Gasteiger partial charge on any atom is -0.680 e. The van der Waals surface area contributed by atoms with Gasteiger partial charge in [0.25, 0.3) is 0 Å². The maximum absolute atomic E-state index is 4.56. The summed E-state index contributed by atoms with van der Waals surface area (Å²) < 4.78 is 0. The summed E-state index contributed by atoms with van der Waals surface area (Å²) in [6.45, 7) is 8.30. The summed E-state index contributed by atoms with van der Waals surface area (Å²) in [5, 5.41) is 5.53. The van der Waals surface area contributed by atoms with Crippen molar-refractivity contribution in [1.82, 2.24) is 0 Å². The van der Waals surface area contributed by atoms with Crippen LogP contribution in [0.1, 0.15) is 27.7 Å². The van der Waals surface area contributed by atoms with E-state index in [1.807, 2.05) is 30.3 Å². The van der Waals surface area contributed by atoms with Crippen molar-refractivity contribution in [1.29, 1.82) is 0 Å². The minimum absolute atomic E-state index is 0. The predicted octanol–water partition coefficient (Wildman–Crippen LogP) is 0.413. The molecule has 0 saturated carbocycles. The maximum Gasteiger partial charge on any atom is 1.00 e. The standard InChI is InChI=1S/C13H19N2.Li/c1-10(2)14-12-8-6-5-7-9-13(12)15-11(3)4;/h5-11H,1-4H3;/q-1;+1. The van der Waals surface area contributed by atoms with Gasteiger partial charge in [0, 0.05) is 11.4 Å². The molecule has 0 amide bonds. The van der Waals surface area contributed by atoms with Gasteiger partial charge in [0.2, 0.25) is 0 Å². The van der Waals surface area contributed by atoms with Crippen LogP contribution in [0.4, 0.5) is 5.69 Å². The fourth-order valence-corrected chi connectivity index (χ4v) is 1.30. The van der Waals surface area contributed by atoms with Gasteiger partial charge < -0.3 is 5.32 Å². The van der Waals surface area contributed by atoms with E-state index in [4.69, 9.17) is 0 Å². The van der Waals surface area contributed by atoms with Crippen LogP contribution in [0.15, 0.2) is 35.3 Å². The van der Waals surface area contributed by atoms with Crippen molar-refractivity contribution in [2.75, 3.05) is 0 Å². The molecule has 0 N–H and O–H groups in total. The quantitative estimate of drug-likeness (QED) is 0.646. The maximum atomic E-state index is 4.56. The van der Waals surface area contributed by atoms with Crippen molar-refractivity contribution >= 4 is 5.69 Å². The van der Waals surface area contributed by atoms with Crippen molar-refractivity contribution in [3.63, 3.8) is 0 Å². The SMILES string of the molecule is CC(C)N=c1cccccc1[N-]C(C)C.[Li+]. The number of rotatable bonds is 3. The summed E-state index contributed by atoms with van der Waals surface area (Å²) in [5.41, 5.74) is 0.976. The molecule has 0 saturated heterocycles. The number of hydrogen-bond donors (Lipinski definition) is 0. The van der Waals surface area contributed by atoms with Crippen LogP contribution >= 0.6 is 0 Å². The molecular formula is C13H19LiN2. The molecule has 0 aliphatic rings. The van der Waals surface area contributed by atoms with Gasteiger partial charge in [-0.1, -0.05) is 38.1 Å². The van der Waals surface area contributed by atoms with Gasteiger partial charge in [-0.15, -0.1) is 11.7 Å². The largest absolute Gasteiger partial charge is 1.00 e. The van der Waals surface area contributed by atoms with Crippen LogP contribution in [0.25, 0.3) is 5.32 Å². The van der Waals surface area contributed by atoms with Crippen LogP contribution in [0.5, 0.6) is 0 Å². The van der Waals surface area contributed by atoms with Crippen molar-refractivity contribution in [3.05, 3.63) is 41.0 Å². The van der Waals surface area contributed by atoms with Gasteiger partial charge in [0.05, 0.1) is 0 Å². The van der Waals surface area contributed by atoms with Gasteiger partial charge in [0.1, 0.15) is 0 Å². The average Bonchev–Trinajstić information content (AvgIpc) is 2.30. The first-order chi connectivity index (χ1) is 7.09. The first-order valence-corrected chi connectivity index (χ1v) is 5.43. The van der Waals surface area contributed by atoms with E-state index in [1.54, 1.807) is 0 Å². The summed E-state index contributed by atoms with van der Waals surface area (Å²) in [7, 11) is 0. The molecule has 0 unspecified atom stereocenters. The second-order valence-electron chi connectivity index (χ2n) is 4.13. The van der Waals surface area contributed by atoms with Crippen molar-refractivity contribution in [2.45, 2.75) is 39.8 Å². The zero-order valence-corrected chi connectivity index (χ0v) is 10.9. The molecule has 0 bridgehead atoms. The van der Waals surface area contributed by atoms with Crippen molar-refractivity contribution < 1.29 is 18.9 Å². The second kappa shape index (κ2) is 7.54. The van der Waals surface area contributed by atoms with Gasteiger partial charge >= 0.3 is 18.9 Å². The van der Waals surface area contributed by atoms with E-state index >= 15 is 0 Å². The summed E-state index contributed by atoms with van der Waals surface area (Å²) in [6.07, 6.45) is 0. The van der Waals surface area contributed by atoms with Crippen molar-refractivity contribution in [2.24, 2.45) is 4.99 Å².